The molecule has 1 aromatic carbocycles. The highest BCUT2D eigenvalue weighted by molar-refractivity contribution is 9.11. The second-order valence-corrected chi connectivity index (χ2v) is 5.20. The molecule has 1 aliphatic rings. The van der Waals surface area contributed by atoms with E-state index in [0.717, 1.165) is 35.1 Å². The number of benzene rings is 1. The molecule has 2 nitrogen and oxygen atoms in total. The average molecular weight is 283 g/mol. The lowest BCUT2D eigenvalue weighted by Gasteiger charge is -2.21. The molecule has 0 radical (unpaired) electrons. The zero-order valence-electron chi connectivity index (χ0n) is 9.08. The number of hydrogen-bond donors (Lipinski definition) is 1. The number of aryl methyl sites for hydroxylation is 1. The van der Waals surface area contributed by atoms with Gasteiger partial charge < -0.3 is 9.84 Å². The molecule has 0 aromatic heterocycles. The molecule has 1 aromatic rings. The molecule has 0 amide bonds. The van der Waals surface area contributed by atoms with Crippen molar-refractivity contribution < 1.29 is 9.84 Å². The lowest BCUT2D eigenvalue weighted by atomic mass is 9.89. The Kier molecular flexibility index (Phi) is 3.66. The molecule has 0 heterocycles. The lowest BCUT2D eigenvalue weighted by molar-refractivity contribution is 0.156. The Bertz CT molecular complexity index is 401. The number of hydrogen-bond acceptors (Lipinski definition) is 2. The summed E-state index contributed by atoms with van der Waals surface area (Å²) < 4.78 is 6.34. The molecule has 0 fully saturated rings. The van der Waals surface area contributed by atoms with Crippen molar-refractivity contribution in [1.29, 1.82) is 0 Å². The topological polar surface area (TPSA) is 29.5 Å². The predicted octanol–water partition coefficient (Wildman–Crippen LogP) is 3.34. The van der Waals surface area contributed by atoms with Gasteiger partial charge in [0.2, 0.25) is 0 Å². The van der Waals surface area contributed by atoms with E-state index in [-0.39, 0.29) is 6.10 Å². The number of aliphatic hydroxyl groups excluding tert-OH is 1. The number of aliphatic hydroxyl groups is 1. The third-order valence-corrected chi connectivity index (χ3v) is 3.02. The fourth-order valence-corrected chi connectivity index (χ4v) is 2.12. The SMILES string of the molecule is C=C(Br)COc1ccc2c(c1)C(O)CCC2. The van der Waals surface area contributed by atoms with Crippen LogP contribution < -0.4 is 4.74 Å². The smallest absolute Gasteiger partial charge is 0.120 e. The van der Waals surface area contributed by atoms with Crippen LogP contribution in [-0.4, -0.2) is 11.7 Å². The van der Waals surface area contributed by atoms with Gasteiger partial charge in [-0.2, -0.15) is 0 Å². The van der Waals surface area contributed by atoms with Crippen molar-refractivity contribution in [2.24, 2.45) is 0 Å². The summed E-state index contributed by atoms with van der Waals surface area (Å²) in [5.41, 5.74) is 2.26. The van der Waals surface area contributed by atoms with Crippen LogP contribution in [0.15, 0.2) is 29.3 Å². The number of fused-ring (bicyclic) bond motifs is 1. The van der Waals surface area contributed by atoms with Crippen molar-refractivity contribution in [1.82, 2.24) is 0 Å². The van der Waals surface area contributed by atoms with Crippen molar-refractivity contribution in [3.63, 3.8) is 0 Å². The Morgan fingerprint density at radius 2 is 2.38 bits per heavy atom. The second-order valence-electron chi connectivity index (χ2n) is 4.07. The molecular formula is C13H15BrO2. The molecule has 2 rings (SSSR count). The highest BCUT2D eigenvalue weighted by Crippen LogP contribution is 2.32. The van der Waals surface area contributed by atoms with Gasteiger partial charge >= 0.3 is 0 Å². The first-order chi connectivity index (χ1) is 7.66. The molecule has 0 saturated heterocycles. The van der Waals surface area contributed by atoms with Crippen LogP contribution in [0.3, 0.4) is 0 Å². The quantitative estimate of drug-likeness (QED) is 0.921. The van der Waals surface area contributed by atoms with E-state index in [1.165, 1.54) is 5.56 Å². The summed E-state index contributed by atoms with van der Waals surface area (Å²) >= 11 is 3.25. The minimum atomic E-state index is -0.334. The number of rotatable bonds is 3. The maximum atomic E-state index is 9.88. The fraction of sp³-hybridized carbons (Fsp3) is 0.385. The van der Waals surface area contributed by atoms with Crippen LogP contribution in [0.25, 0.3) is 0 Å². The second kappa shape index (κ2) is 5.02. The van der Waals surface area contributed by atoms with Crippen LogP contribution in [0.4, 0.5) is 0 Å². The van der Waals surface area contributed by atoms with Crippen molar-refractivity contribution in [2.45, 2.75) is 25.4 Å². The molecule has 16 heavy (non-hydrogen) atoms. The summed E-state index contributed by atoms with van der Waals surface area (Å²) in [4.78, 5) is 0. The van der Waals surface area contributed by atoms with Crippen LogP contribution in [0, 0.1) is 0 Å². The summed E-state index contributed by atoms with van der Waals surface area (Å²) in [6, 6.07) is 5.94. The Morgan fingerprint density at radius 1 is 1.56 bits per heavy atom. The third-order valence-electron chi connectivity index (χ3n) is 2.80. The zero-order valence-corrected chi connectivity index (χ0v) is 10.7. The predicted molar refractivity (Wildman–Crippen MR) is 67.9 cm³/mol. The van der Waals surface area contributed by atoms with Crippen LogP contribution in [0.5, 0.6) is 5.75 Å². The van der Waals surface area contributed by atoms with Gasteiger partial charge in [-0.05, 0) is 42.5 Å². The molecule has 86 valence electrons. The molecular weight excluding hydrogens is 268 g/mol. The van der Waals surface area contributed by atoms with E-state index in [0.29, 0.717) is 6.61 Å². The van der Waals surface area contributed by atoms with Gasteiger partial charge in [0.1, 0.15) is 12.4 Å². The summed E-state index contributed by atoms with van der Waals surface area (Å²) in [7, 11) is 0. The highest BCUT2D eigenvalue weighted by atomic mass is 79.9. The van der Waals surface area contributed by atoms with Crippen LogP contribution in [0.1, 0.15) is 30.1 Å². The molecule has 1 N–H and O–H groups in total. The van der Waals surface area contributed by atoms with Crippen molar-refractivity contribution >= 4 is 15.9 Å². The van der Waals surface area contributed by atoms with Crippen LogP contribution in [-0.2, 0) is 6.42 Å². The molecule has 0 aliphatic heterocycles. The highest BCUT2D eigenvalue weighted by Gasteiger charge is 2.18. The van der Waals surface area contributed by atoms with Crippen molar-refractivity contribution in [2.75, 3.05) is 6.61 Å². The zero-order chi connectivity index (χ0) is 11.5. The van der Waals surface area contributed by atoms with Gasteiger partial charge in [-0.15, -0.1) is 0 Å². The number of ether oxygens (including phenoxy) is 1. The van der Waals surface area contributed by atoms with Crippen molar-refractivity contribution in [3.8, 4) is 5.75 Å². The van der Waals surface area contributed by atoms with Gasteiger partial charge in [-0.25, -0.2) is 0 Å². The summed E-state index contributed by atoms with van der Waals surface area (Å²) in [5.74, 6) is 0.792. The van der Waals surface area contributed by atoms with E-state index >= 15 is 0 Å². The maximum absolute atomic E-state index is 9.88. The third kappa shape index (κ3) is 2.66. The Morgan fingerprint density at radius 3 is 3.12 bits per heavy atom. The first-order valence-corrected chi connectivity index (χ1v) is 6.23. The molecule has 1 aliphatic carbocycles. The van der Waals surface area contributed by atoms with E-state index in [9.17, 15) is 5.11 Å². The van der Waals surface area contributed by atoms with E-state index in [2.05, 4.69) is 22.5 Å². The lowest BCUT2D eigenvalue weighted by Crippen LogP contribution is -2.09. The summed E-state index contributed by atoms with van der Waals surface area (Å²) in [6.07, 6.45) is 2.63. The first kappa shape index (κ1) is 11.7. The molecule has 1 atom stereocenters. The van der Waals surface area contributed by atoms with E-state index in [1.807, 2.05) is 18.2 Å². The Balaban J connectivity index is 2.17. The molecule has 1 unspecified atom stereocenters. The molecule has 0 bridgehead atoms. The van der Waals surface area contributed by atoms with Crippen LogP contribution in [0.2, 0.25) is 0 Å². The Hall–Kier alpha value is -0.800. The molecule has 3 heteroatoms. The summed E-state index contributed by atoms with van der Waals surface area (Å²) in [6.45, 7) is 4.17. The van der Waals surface area contributed by atoms with Gasteiger partial charge in [0.05, 0.1) is 6.10 Å². The van der Waals surface area contributed by atoms with Crippen LogP contribution >= 0.6 is 15.9 Å². The van der Waals surface area contributed by atoms with E-state index in [1.54, 1.807) is 0 Å². The van der Waals surface area contributed by atoms with Gasteiger partial charge in [0, 0.05) is 4.48 Å². The minimum Gasteiger partial charge on any atom is -0.488 e. The first-order valence-electron chi connectivity index (χ1n) is 5.44. The number of halogens is 1. The van der Waals surface area contributed by atoms with Gasteiger partial charge in [0.15, 0.2) is 0 Å². The standard InChI is InChI=1S/C13H15BrO2/c1-9(14)8-16-11-6-5-10-3-2-4-13(15)12(10)7-11/h5-7,13,15H,1-4,8H2. The van der Waals surface area contributed by atoms with Gasteiger partial charge in [-0.3, -0.25) is 0 Å². The van der Waals surface area contributed by atoms with Gasteiger partial charge in [0.25, 0.3) is 0 Å². The Labute approximate surface area is 104 Å². The van der Waals surface area contributed by atoms with E-state index in [4.69, 9.17) is 4.74 Å². The average Bonchev–Trinajstić information content (AvgIpc) is 2.27. The monoisotopic (exact) mass is 282 g/mol. The minimum absolute atomic E-state index is 0.334. The normalized spacial score (nSPS) is 19.0. The van der Waals surface area contributed by atoms with Crippen molar-refractivity contribution in [3.05, 3.63) is 40.4 Å². The molecule has 0 saturated carbocycles. The maximum Gasteiger partial charge on any atom is 0.120 e. The fourth-order valence-electron chi connectivity index (χ4n) is 2.00. The van der Waals surface area contributed by atoms with E-state index < -0.39 is 0 Å². The molecule has 0 spiro atoms. The summed E-state index contributed by atoms with van der Waals surface area (Å²) in [5, 5.41) is 9.88. The largest absolute Gasteiger partial charge is 0.488 e. The van der Waals surface area contributed by atoms with Gasteiger partial charge in [-0.1, -0.05) is 28.6 Å².